The van der Waals surface area contributed by atoms with Crippen LogP contribution < -0.4 is 10.6 Å². The minimum Gasteiger partial charge on any atom is -0.365 e. The van der Waals surface area contributed by atoms with Crippen molar-refractivity contribution in [3.05, 3.63) is 36.9 Å². The van der Waals surface area contributed by atoms with E-state index in [2.05, 4.69) is 27.4 Å². The Bertz CT molecular complexity index is 709. The Hall–Kier alpha value is -2.08. The monoisotopic (exact) mass is 330 g/mol. The van der Waals surface area contributed by atoms with Gasteiger partial charge in [0.05, 0.1) is 5.75 Å². The normalized spacial score (nSPS) is 11.3. The molecule has 0 spiro atoms. The number of anilines is 1. The molecule has 1 heterocycles. The van der Waals surface area contributed by atoms with Crippen LogP contribution in [0.3, 0.4) is 0 Å². The van der Waals surface area contributed by atoms with Crippen LogP contribution >= 0.6 is 11.8 Å². The molecule has 23 heavy (non-hydrogen) atoms. The Kier molecular flexibility index (Phi) is 5.60. The highest BCUT2D eigenvalue weighted by molar-refractivity contribution is 8.00. The molecule has 0 saturated carbocycles. The largest absolute Gasteiger partial charge is 0.365 e. The van der Waals surface area contributed by atoms with Crippen LogP contribution in [0.5, 0.6) is 0 Å². The topological polar surface area (TPSA) is 66.9 Å². The van der Waals surface area contributed by atoms with Crippen LogP contribution in [0, 0.1) is 0 Å². The number of fused-ring (bicyclic) bond motifs is 1. The van der Waals surface area contributed by atoms with Gasteiger partial charge in [-0.15, -0.1) is 16.8 Å². The second-order valence-corrected chi connectivity index (χ2v) is 7.12. The smallest absolute Gasteiger partial charge is 0.230 e. The fourth-order valence-corrected chi connectivity index (χ4v) is 2.85. The van der Waals surface area contributed by atoms with Gasteiger partial charge >= 0.3 is 0 Å². The molecule has 5 nitrogen and oxygen atoms in total. The van der Waals surface area contributed by atoms with Crippen LogP contribution in [-0.2, 0) is 4.79 Å². The van der Waals surface area contributed by atoms with E-state index in [1.54, 1.807) is 6.08 Å². The standard InChI is InChI=1S/C17H22N4OS/c1-5-10-18-15-12-8-6-7-9-13(12)16(21-20-15)23-11-14(22)19-17(2,3)4/h5-9H,1,10-11H2,2-4H3,(H,18,20)(H,19,22). The molecule has 2 rings (SSSR count). The van der Waals surface area contributed by atoms with E-state index in [4.69, 9.17) is 0 Å². The van der Waals surface area contributed by atoms with E-state index in [0.29, 0.717) is 12.3 Å². The van der Waals surface area contributed by atoms with E-state index in [9.17, 15) is 4.79 Å². The van der Waals surface area contributed by atoms with Crippen molar-refractivity contribution >= 4 is 34.3 Å². The summed E-state index contributed by atoms with van der Waals surface area (Å²) in [6.07, 6.45) is 1.77. The third kappa shape index (κ3) is 4.96. The summed E-state index contributed by atoms with van der Waals surface area (Å²) >= 11 is 1.40. The van der Waals surface area contributed by atoms with Crippen LogP contribution in [-0.4, -0.2) is 33.9 Å². The van der Waals surface area contributed by atoms with E-state index in [0.717, 1.165) is 21.6 Å². The Morgan fingerprint density at radius 2 is 1.96 bits per heavy atom. The fraction of sp³-hybridized carbons (Fsp3) is 0.353. The average molecular weight is 330 g/mol. The molecule has 0 bridgehead atoms. The quantitative estimate of drug-likeness (QED) is 0.629. The minimum absolute atomic E-state index is 0.0118. The molecular formula is C17H22N4OS. The van der Waals surface area contributed by atoms with Gasteiger partial charge in [0, 0.05) is 22.9 Å². The number of thioether (sulfide) groups is 1. The average Bonchev–Trinajstić information content (AvgIpc) is 2.49. The highest BCUT2D eigenvalue weighted by atomic mass is 32.2. The maximum atomic E-state index is 12.0. The molecule has 1 aromatic heterocycles. The Morgan fingerprint density at radius 1 is 1.26 bits per heavy atom. The molecule has 0 radical (unpaired) electrons. The zero-order valence-corrected chi connectivity index (χ0v) is 14.5. The first-order chi connectivity index (χ1) is 10.9. The first kappa shape index (κ1) is 17.3. The molecule has 0 atom stereocenters. The molecule has 0 aliphatic carbocycles. The van der Waals surface area contributed by atoms with Crippen molar-refractivity contribution in [3.8, 4) is 0 Å². The molecule has 0 saturated heterocycles. The predicted octanol–water partition coefficient (Wildman–Crippen LogP) is 3.23. The van der Waals surface area contributed by atoms with Crippen LogP contribution in [0.15, 0.2) is 41.9 Å². The van der Waals surface area contributed by atoms with Crippen molar-refractivity contribution in [2.24, 2.45) is 0 Å². The first-order valence-corrected chi connectivity index (χ1v) is 8.43. The van der Waals surface area contributed by atoms with Gasteiger partial charge in [0.2, 0.25) is 5.91 Å². The summed E-state index contributed by atoms with van der Waals surface area (Å²) in [5.41, 5.74) is -0.232. The summed E-state index contributed by atoms with van der Waals surface area (Å²) in [5.74, 6) is 1.03. The highest BCUT2D eigenvalue weighted by Crippen LogP contribution is 2.28. The van der Waals surface area contributed by atoms with Gasteiger partial charge in [-0.1, -0.05) is 42.1 Å². The Labute approximate surface area is 141 Å². The summed E-state index contributed by atoms with van der Waals surface area (Å²) in [5, 5.41) is 17.4. The second-order valence-electron chi connectivity index (χ2n) is 6.16. The summed E-state index contributed by atoms with van der Waals surface area (Å²) in [4.78, 5) is 12.0. The van der Waals surface area contributed by atoms with E-state index < -0.39 is 0 Å². The number of hydrogen-bond acceptors (Lipinski definition) is 5. The number of amides is 1. The van der Waals surface area contributed by atoms with E-state index in [-0.39, 0.29) is 11.4 Å². The molecule has 0 fully saturated rings. The summed E-state index contributed by atoms with van der Waals surface area (Å²) < 4.78 is 0. The number of carbonyl (C=O) groups is 1. The molecule has 0 aliphatic heterocycles. The zero-order chi connectivity index (χ0) is 16.9. The van der Waals surface area contributed by atoms with Crippen LogP contribution in [0.1, 0.15) is 20.8 Å². The summed E-state index contributed by atoms with van der Waals surface area (Å²) in [7, 11) is 0. The maximum absolute atomic E-state index is 12.0. The van der Waals surface area contributed by atoms with Crippen molar-refractivity contribution in [1.29, 1.82) is 0 Å². The number of carbonyl (C=O) groups excluding carboxylic acids is 1. The third-order valence-corrected chi connectivity index (χ3v) is 3.90. The Morgan fingerprint density at radius 3 is 2.61 bits per heavy atom. The minimum atomic E-state index is -0.232. The van der Waals surface area contributed by atoms with Gasteiger partial charge in [-0.25, -0.2) is 0 Å². The number of benzene rings is 1. The van der Waals surface area contributed by atoms with Crippen LogP contribution in [0.25, 0.3) is 10.8 Å². The molecule has 0 unspecified atom stereocenters. The SMILES string of the molecule is C=CCNc1nnc(SCC(=O)NC(C)(C)C)c2ccccc12. The molecule has 2 aromatic rings. The van der Waals surface area contributed by atoms with Crippen molar-refractivity contribution in [2.75, 3.05) is 17.6 Å². The van der Waals surface area contributed by atoms with Gasteiger partial charge < -0.3 is 10.6 Å². The van der Waals surface area contributed by atoms with Gasteiger partial charge in [0.15, 0.2) is 5.82 Å². The van der Waals surface area contributed by atoms with Gasteiger partial charge in [-0.2, -0.15) is 0 Å². The maximum Gasteiger partial charge on any atom is 0.230 e. The fourth-order valence-electron chi connectivity index (χ4n) is 2.07. The zero-order valence-electron chi connectivity index (χ0n) is 13.7. The van der Waals surface area contributed by atoms with Crippen molar-refractivity contribution in [3.63, 3.8) is 0 Å². The molecule has 1 amide bonds. The van der Waals surface area contributed by atoms with Crippen molar-refractivity contribution in [1.82, 2.24) is 15.5 Å². The van der Waals surface area contributed by atoms with Gasteiger partial charge in [-0.3, -0.25) is 4.79 Å². The molecule has 6 heteroatoms. The lowest BCUT2D eigenvalue weighted by atomic mass is 10.1. The predicted molar refractivity (Wildman–Crippen MR) is 96.8 cm³/mol. The van der Waals surface area contributed by atoms with Gasteiger partial charge in [-0.05, 0) is 20.8 Å². The summed E-state index contributed by atoms with van der Waals surface area (Å²) in [6.45, 7) is 10.2. The summed E-state index contributed by atoms with van der Waals surface area (Å²) in [6, 6.07) is 7.91. The highest BCUT2D eigenvalue weighted by Gasteiger charge is 2.15. The molecule has 2 N–H and O–H groups in total. The van der Waals surface area contributed by atoms with Gasteiger partial charge in [0.1, 0.15) is 5.03 Å². The molecule has 122 valence electrons. The number of nitrogens with zero attached hydrogens (tertiary/aromatic N) is 2. The van der Waals surface area contributed by atoms with Crippen molar-refractivity contribution < 1.29 is 4.79 Å². The molecule has 1 aromatic carbocycles. The third-order valence-electron chi connectivity index (χ3n) is 2.92. The van der Waals surface area contributed by atoms with E-state index in [1.807, 2.05) is 45.0 Å². The number of aromatic nitrogens is 2. The number of nitrogens with one attached hydrogen (secondary N) is 2. The lowest BCUT2D eigenvalue weighted by molar-refractivity contribution is -0.119. The molecule has 0 aliphatic rings. The van der Waals surface area contributed by atoms with E-state index >= 15 is 0 Å². The molecular weight excluding hydrogens is 308 g/mol. The number of rotatable bonds is 6. The van der Waals surface area contributed by atoms with E-state index in [1.165, 1.54) is 11.8 Å². The lowest BCUT2D eigenvalue weighted by Gasteiger charge is -2.20. The Balaban J connectivity index is 2.18. The second kappa shape index (κ2) is 7.46. The van der Waals surface area contributed by atoms with Crippen LogP contribution in [0.2, 0.25) is 0 Å². The first-order valence-electron chi connectivity index (χ1n) is 7.45. The number of hydrogen-bond donors (Lipinski definition) is 2. The lowest BCUT2D eigenvalue weighted by Crippen LogP contribution is -2.41. The van der Waals surface area contributed by atoms with Crippen LogP contribution in [0.4, 0.5) is 5.82 Å². The van der Waals surface area contributed by atoms with Gasteiger partial charge in [0.25, 0.3) is 0 Å². The van der Waals surface area contributed by atoms with Crippen molar-refractivity contribution in [2.45, 2.75) is 31.3 Å².